The predicted molar refractivity (Wildman–Crippen MR) is 120 cm³/mol. The average molecular weight is 468 g/mol. The van der Waals surface area contributed by atoms with Gasteiger partial charge in [-0.15, -0.1) is 0 Å². The first-order valence-corrected chi connectivity index (χ1v) is 12.4. The van der Waals surface area contributed by atoms with Gasteiger partial charge in [-0.2, -0.15) is 0 Å². The third-order valence-electron chi connectivity index (χ3n) is 5.09. The molecule has 0 spiro atoms. The van der Waals surface area contributed by atoms with Gasteiger partial charge in [-0.1, -0.05) is 41.6 Å². The van der Waals surface area contributed by atoms with Gasteiger partial charge in [0.25, 0.3) is 0 Å². The van der Waals surface area contributed by atoms with Crippen LogP contribution in [-0.4, -0.2) is 48.8 Å². The van der Waals surface area contributed by atoms with Crippen molar-refractivity contribution in [1.82, 2.24) is 0 Å². The molecule has 1 fully saturated rings. The number of thioether (sulfide) groups is 1. The molecule has 0 aromatic heterocycles. The van der Waals surface area contributed by atoms with E-state index >= 15 is 0 Å². The van der Waals surface area contributed by atoms with E-state index < -0.39 is 27.7 Å². The van der Waals surface area contributed by atoms with Gasteiger partial charge in [-0.05, 0) is 36.8 Å². The van der Waals surface area contributed by atoms with Crippen LogP contribution in [0.5, 0.6) is 0 Å². The lowest BCUT2D eigenvalue weighted by Crippen LogP contribution is -2.40. The molecule has 0 bridgehead atoms. The van der Waals surface area contributed by atoms with E-state index in [-0.39, 0.29) is 28.9 Å². The molecule has 2 aromatic carbocycles. The van der Waals surface area contributed by atoms with E-state index in [0.29, 0.717) is 15.9 Å². The van der Waals surface area contributed by atoms with E-state index in [9.17, 15) is 17.6 Å². The number of hydrogen-bond acceptors (Lipinski definition) is 6. The van der Waals surface area contributed by atoms with Crippen LogP contribution >= 0.6 is 23.4 Å². The monoisotopic (exact) mass is 467 g/mol. The number of hydrogen-bond donors (Lipinski definition) is 1. The number of amides is 1. The average Bonchev–Trinajstić information content (AvgIpc) is 3.15. The Kier molecular flexibility index (Phi) is 5.78. The third-order valence-corrected chi connectivity index (χ3v) is 8.17. The number of anilines is 2. The molecular formula is C20H19ClFN3O3S2. The molecule has 2 aromatic rings. The summed E-state index contributed by atoms with van der Waals surface area (Å²) in [7, 11) is -3.24. The largest absolute Gasteiger partial charge is 0.325 e. The van der Waals surface area contributed by atoms with Gasteiger partial charge in [0, 0.05) is 10.7 Å². The summed E-state index contributed by atoms with van der Waals surface area (Å²) in [6, 6.07) is 10.5. The van der Waals surface area contributed by atoms with Gasteiger partial charge in [0.05, 0.1) is 35.0 Å². The Balaban J connectivity index is 1.52. The number of carbonyl (C=O) groups excluding carboxylic acids is 1. The lowest BCUT2D eigenvalue weighted by molar-refractivity contribution is -0.113. The van der Waals surface area contributed by atoms with Gasteiger partial charge in [0.2, 0.25) is 5.91 Å². The first-order chi connectivity index (χ1) is 14.2. The smallest absolute Gasteiger partial charge is 0.234 e. The number of benzene rings is 2. The van der Waals surface area contributed by atoms with Crippen molar-refractivity contribution in [2.45, 2.75) is 19.0 Å². The number of nitrogens with zero attached hydrogens (tertiary/aromatic N) is 2. The van der Waals surface area contributed by atoms with Gasteiger partial charge in [-0.3, -0.25) is 9.79 Å². The van der Waals surface area contributed by atoms with Crippen molar-refractivity contribution in [2.75, 3.05) is 27.5 Å². The second-order valence-corrected chi connectivity index (χ2v) is 10.7. The minimum absolute atomic E-state index is 0.0436. The van der Waals surface area contributed by atoms with E-state index in [1.54, 1.807) is 41.3 Å². The summed E-state index contributed by atoms with van der Waals surface area (Å²) >= 11 is 7.25. The highest BCUT2D eigenvalue weighted by molar-refractivity contribution is 8.14. The molecule has 1 N–H and O–H groups in total. The van der Waals surface area contributed by atoms with E-state index in [1.165, 1.54) is 6.07 Å². The number of fused-ring (bicyclic) bond motifs is 1. The number of amidine groups is 1. The molecule has 0 unspecified atom stereocenters. The summed E-state index contributed by atoms with van der Waals surface area (Å²) in [5, 5.41) is 3.82. The van der Waals surface area contributed by atoms with Crippen LogP contribution < -0.4 is 10.2 Å². The quantitative estimate of drug-likeness (QED) is 0.744. The molecule has 30 heavy (non-hydrogen) atoms. The summed E-state index contributed by atoms with van der Waals surface area (Å²) in [5.74, 6) is -0.836. The van der Waals surface area contributed by atoms with E-state index in [1.807, 2.05) is 6.92 Å². The Labute approximate surface area is 183 Å². The SMILES string of the molecule is Cc1c(Cl)cccc1NC(=O)CSC1=N[C@@H]2CS(=O)(=O)C[C@H]2N1c1ccccc1F. The van der Waals surface area contributed by atoms with Crippen LogP contribution in [0.3, 0.4) is 0 Å². The summed E-state index contributed by atoms with van der Waals surface area (Å²) in [6.07, 6.45) is 0. The third kappa shape index (κ3) is 4.19. The van der Waals surface area contributed by atoms with Crippen LogP contribution in [0.1, 0.15) is 5.56 Å². The fourth-order valence-corrected chi connectivity index (χ4v) is 6.56. The number of carbonyl (C=O) groups is 1. The maximum Gasteiger partial charge on any atom is 0.234 e. The van der Waals surface area contributed by atoms with E-state index in [4.69, 9.17) is 11.6 Å². The minimum Gasteiger partial charge on any atom is -0.325 e. The van der Waals surface area contributed by atoms with Crippen molar-refractivity contribution in [3.05, 3.63) is 58.9 Å². The van der Waals surface area contributed by atoms with Crippen molar-refractivity contribution in [2.24, 2.45) is 4.99 Å². The molecule has 158 valence electrons. The first-order valence-electron chi connectivity index (χ1n) is 9.25. The molecule has 2 heterocycles. The molecule has 2 aliphatic heterocycles. The van der Waals surface area contributed by atoms with Crippen LogP contribution in [-0.2, 0) is 14.6 Å². The maximum atomic E-state index is 14.5. The number of aliphatic imine (C=N–C) groups is 1. The molecule has 2 atom stereocenters. The Bertz CT molecular complexity index is 1140. The maximum absolute atomic E-state index is 14.5. The molecule has 0 saturated carbocycles. The van der Waals surface area contributed by atoms with Gasteiger partial charge >= 0.3 is 0 Å². The molecule has 0 radical (unpaired) electrons. The van der Waals surface area contributed by atoms with E-state index in [0.717, 1.165) is 17.3 Å². The van der Waals surface area contributed by atoms with Crippen LogP contribution in [0.25, 0.3) is 0 Å². The molecule has 6 nitrogen and oxygen atoms in total. The fraction of sp³-hybridized carbons (Fsp3) is 0.300. The molecule has 1 saturated heterocycles. The number of para-hydroxylation sites is 1. The number of halogens is 2. The first kappa shape index (κ1) is 21.1. The van der Waals surface area contributed by atoms with Crippen molar-refractivity contribution in [3.63, 3.8) is 0 Å². The number of rotatable bonds is 4. The Morgan fingerprint density at radius 1 is 1.27 bits per heavy atom. The van der Waals surface area contributed by atoms with Crippen LogP contribution in [0.4, 0.5) is 15.8 Å². The summed E-state index contributed by atoms with van der Waals surface area (Å²) < 4.78 is 38.6. The highest BCUT2D eigenvalue weighted by atomic mass is 35.5. The zero-order chi connectivity index (χ0) is 21.5. The van der Waals surface area contributed by atoms with Crippen LogP contribution in [0, 0.1) is 12.7 Å². The van der Waals surface area contributed by atoms with Crippen molar-refractivity contribution < 1.29 is 17.6 Å². The molecular weight excluding hydrogens is 449 g/mol. The lowest BCUT2D eigenvalue weighted by Gasteiger charge is -2.26. The minimum atomic E-state index is -3.24. The van der Waals surface area contributed by atoms with Gasteiger partial charge < -0.3 is 10.2 Å². The van der Waals surface area contributed by atoms with Crippen molar-refractivity contribution in [3.8, 4) is 0 Å². The zero-order valence-corrected chi connectivity index (χ0v) is 18.4. The second kappa shape index (κ2) is 8.20. The molecule has 2 aliphatic rings. The molecule has 10 heteroatoms. The van der Waals surface area contributed by atoms with Gasteiger partial charge in [0.15, 0.2) is 15.0 Å². The van der Waals surface area contributed by atoms with Crippen molar-refractivity contribution in [1.29, 1.82) is 0 Å². The zero-order valence-electron chi connectivity index (χ0n) is 16.0. The van der Waals surface area contributed by atoms with Crippen LogP contribution in [0.2, 0.25) is 5.02 Å². The molecule has 1 amide bonds. The Morgan fingerprint density at radius 3 is 2.80 bits per heavy atom. The molecule has 4 rings (SSSR count). The fourth-order valence-electron chi connectivity index (χ4n) is 3.62. The normalized spacial score (nSPS) is 22.0. The lowest BCUT2D eigenvalue weighted by atomic mass is 10.1. The van der Waals surface area contributed by atoms with Gasteiger partial charge in [-0.25, -0.2) is 12.8 Å². The predicted octanol–water partition coefficient (Wildman–Crippen LogP) is 3.50. The summed E-state index contributed by atoms with van der Waals surface area (Å²) in [5.41, 5.74) is 1.65. The van der Waals surface area contributed by atoms with Crippen LogP contribution in [0.15, 0.2) is 47.5 Å². The van der Waals surface area contributed by atoms with E-state index in [2.05, 4.69) is 10.3 Å². The summed E-state index contributed by atoms with van der Waals surface area (Å²) in [4.78, 5) is 18.6. The topological polar surface area (TPSA) is 78.8 Å². The highest BCUT2D eigenvalue weighted by Gasteiger charge is 2.47. The summed E-state index contributed by atoms with van der Waals surface area (Å²) in [6.45, 7) is 1.81. The molecule has 0 aliphatic carbocycles. The highest BCUT2D eigenvalue weighted by Crippen LogP contribution is 2.36. The Hall–Kier alpha value is -2.10. The number of sulfone groups is 1. The second-order valence-electron chi connectivity index (χ2n) is 7.19. The number of nitrogens with one attached hydrogen (secondary N) is 1. The standard InChI is InChI=1S/C20H19ClFN3O3S2/c1-12-13(21)5-4-7-15(12)23-19(26)9-29-20-24-16-10-30(27,28)11-18(16)25(20)17-8-3-2-6-14(17)22/h2-8,16,18H,9-11H2,1H3,(H,23,26)/t16-,18-/m1/s1. The Morgan fingerprint density at radius 2 is 2.03 bits per heavy atom. The van der Waals surface area contributed by atoms with Crippen molar-refractivity contribution >= 4 is 55.6 Å². The van der Waals surface area contributed by atoms with Gasteiger partial charge in [0.1, 0.15) is 5.82 Å².